The molecule has 0 spiro atoms. The first kappa shape index (κ1) is 20.3. The lowest BCUT2D eigenvalue weighted by molar-refractivity contribution is 0.249. The molecule has 0 aliphatic heterocycles. The minimum Gasteiger partial charge on any atom is -0.496 e. The zero-order valence-electron chi connectivity index (χ0n) is 14.9. The number of thiol groups is 1. The minimum atomic E-state index is -0.442. The van der Waals surface area contributed by atoms with Gasteiger partial charge in [-0.15, -0.1) is 0 Å². The third kappa shape index (κ3) is 4.35. The van der Waals surface area contributed by atoms with Crippen LogP contribution in [0.5, 0.6) is 5.75 Å². The fraction of sp³-hybridized carbons (Fsp3) is 0.100. The van der Waals surface area contributed by atoms with Crippen LogP contribution < -0.4 is 14.4 Å². The number of hydrogen-bond acceptors (Lipinski definition) is 4. The molecule has 0 bridgehead atoms. The van der Waals surface area contributed by atoms with Crippen molar-refractivity contribution in [2.45, 2.75) is 6.54 Å². The number of urea groups is 1. The van der Waals surface area contributed by atoms with Gasteiger partial charge >= 0.3 is 6.03 Å². The standard InChI is InChI=1S/C20H17Cl2N3O2S/c1-27-17-10-3-2-7-14(17)19-13(6-5-11-23-19)12-24-20(26)25(28)16-9-4-8-15(21)18(16)22/h2-11,28H,12H2,1H3,(H,24,26). The van der Waals surface area contributed by atoms with Gasteiger partial charge < -0.3 is 10.1 Å². The molecular formula is C20H17Cl2N3O2S. The van der Waals surface area contributed by atoms with Gasteiger partial charge in [0, 0.05) is 18.3 Å². The van der Waals surface area contributed by atoms with Crippen molar-refractivity contribution >= 4 is 47.7 Å². The average molecular weight is 434 g/mol. The number of nitrogens with one attached hydrogen (secondary N) is 1. The van der Waals surface area contributed by atoms with Crippen molar-refractivity contribution < 1.29 is 9.53 Å². The summed E-state index contributed by atoms with van der Waals surface area (Å²) in [6, 6.07) is 15.8. The molecule has 144 valence electrons. The normalized spacial score (nSPS) is 10.4. The summed E-state index contributed by atoms with van der Waals surface area (Å²) in [6.45, 7) is 0.245. The number of rotatable bonds is 5. The van der Waals surface area contributed by atoms with Crippen molar-refractivity contribution in [3.63, 3.8) is 0 Å². The van der Waals surface area contributed by atoms with Gasteiger partial charge in [0.25, 0.3) is 0 Å². The molecule has 0 aliphatic rings. The molecule has 1 aromatic heterocycles. The molecule has 0 atom stereocenters. The van der Waals surface area contributed by atoms with Crippen LogP contribution in [0.2, 0.25) is 10.0 Å². The third-order valence-electron chi connectivity index (χ3n) is 4.04. The van der Waals surface area contributed by atoms with Crippen molar-refractivity contribution in [2.75, 3.05) is 11.4 Å². The Morgan fingerprint density at radius 2 is 1.93 bits per heavy atom. The predicted molar refractivity (Wildman–Crippen MR) is 116 cm³/mol. The minimum absolute atomic E-state index is 0.245. The van der Waals surface area contributed by atoms with Gasteiger partial charge in [0.1, 0.15) is 5.75 Å². The fourth-order valence-electron chi connectivity index (χ4n) is 2.68. The van der Waals surface area contributed by atoms with Gasteiger partial charge in [-0.25, -0.2) is 9.10 Å². The number of benzene rings is 2. The maximum Gasteiger partial charge on any atom is 0.332 e. The second-order valence-corrected chi connectivity index (χ2v) is 6.94. The van der Waals surface area contributed by atoms with Crippen LogP contribution in [-0.4, -0.2) is 18.1 Å². The molecule has 0 unspecified atom stereocenters. The Morgan fingerprint density at radius 3 is 2.71 bits per heavy atom. The molecule has 2 amide bonds. The van der Waals surface area contributed by atoms with E-state index in [-0.39, 0.29) is 11.6 Å². The van der Waals surface area contributed by atoms with Gasteiger partial charge in [0.05, 0.1) is 28.5 Å². The Hall–Kier alpha value is -2.41. The highest BCUT2D eigenvalue weighted by Crippen LogP contribution is 2.33. The Kier molecular flexibility index (Phi) is 6.67. The van der Waals surface area contributed by atoms with Crippen LogP contribution in [0, 0.1) is 0 Å². The second kappa shape index (κ2) is 9.19. The first-order valence-corrected chi connectivity index (χ1v) is 9.46. The highest BCUT2D eigenvalue weighted by molar-refractivity contribution is 7.82. The van der Waals surface area contributed by atoms with Gasteiger partial charge in [-0.1, -0.05) is 60.3 Å². The molecule has 1 heterocycles. The van der Waals surface area contributed by atoms with Crippen molar-refractivity contribution in [1.29, 1.82) is 0 Å². The molecule has 5 nitrogen and oxygen atoms in total. The topological polar surface area (TPSA) is 54.5 Å². The van der Waals surface area contributed by atoms with Crippen molar-refractivity contribution in [1.82, 2.24) is 10.3 Å². The van der Waals surface area contributed by atoms with Gasteiger partial charge in [0.15, 0.2) is 0 Å². The number of pyridine rings is 1. The molecule has 1 N–H and O–H groups in total. The van der Waals surface area contributed by atoms with E-state index in [1.807, 2.05) is 36.4 Å². The molecule has 2 aromatic carbocycles. The van der Waals surface area contributed by atoms with Gasteiger partial charge in [-0.3, -0.25) is 4.98 Å². The smallest absolute Gasteiger partial charge is 0.332 e. The van der Waals surface area contributed by atoms with E-state index in [2.05, 4.69) is 23.1 Å². The van der Waals surface area contributed by atoms with Crippen molar-refractivity contribution in [3.8, 4) is 17.0 Å². The molecule has 0 saturated heterocycles. The van der Waals surface area contributed by atoms with Crippen molar-refractivity contribution in [2.24, 2.45) is 0 Å². The summed E-state index contributed by atoms with van der Waals surface area (Å²) in [6.07, 6.45) is 1.70. The Labute approximate surface area is 178 Å². The number of anilines is 1. The Bertz CT molecular complexity index is 1000. The highest BCUT2D eigenvalue weighted by Gasteiger charge is 2.18. The van der Waals surface area contributed by atoms with Crippen LogP contribution in [0.1, 0.15) is 5.56 Å². The number of amides is 2. The SMILES string of the molecule is COc1ccccc1-c1ncccc1CNC(=O)N(S)c1cccc(Cl)c1Cl. The predicted octanol–water partition coefficient (Wildman–Crippen LogP) is 5.63. The van der Waals surface area contributed by atoms with Gasteiger partial charge in [0.2, 0.25) is 0 Å². The number of carbonyl (C=O) groups is 1. The average Bonchev–Trinajstić information content (AvgIpc) is 2.73. The fourth-order valence-corrected chi connectivity index (χ4v) is 3.35. The Morgan fingerprint density at radius 1 is 1.14 bits per heavy atom. The molecular weight excluding hydrogens is 417 g/mol. The molecule has 0 saturated carbocycles. The highest BCUT2D eigenvalue weighted by atomic mass is 35.5. The molecule has 3 rings (SSSR count). The molecule has 8 heteroatoms. The monoisotopic (exact) mass is 433 g/mol. The van der Waals surface area contributed by atoms with E-state index in [0.717, 1.165) is 21.1 Å². The second-order valence-electron chi connectivity index (χ2n) is 5.75. The number of aromatic nitrogens is 1. The summed E-state index contributed by atoms with van der Waals surface area (Å²) < 4.78 is 6.54. The first-order chi connectivity index (χ1) is 13.5. The van der Waals surface area contributed by atoms with Crippen LogP contribution in [0.4, 0.5) is 10.5 Å². The lowest BCUT2D eigenvalue weighted by atomic mass is 10.0. The van der Waals surface area contributed by atoms with E-state index >= 15 is 0 Å². The number of methoxy groups -OCH3 is 1. The largest absolute Gasteiger partial charge is 0.496 e. The zero-order valence-corrected chi connectivity index (χ0v) is 17.3. The number of halogens is 2. The van der Waals surface area contributed by atoms with Gasteiger partial charge in [-0.2, -0.15) is 0 Å². The van der Waals surface area contributed by atoms with E-state index in [1.54, 1.807) is 31.5 Å². The maximum atomic E-state index is 12.5. The Balaban J connectivity index is 1.80. The third-order valence-corrected chi connectivity index (χ3v) is 5.24. The van der Waals surface area contributed by atoms with E-state index in [4.69, 9.17) is 27.9 Å². The van der Waals surface area contributed by atoms with E-state index < -0.39 is 6.03 Å². The number of ether oxygens (including phenoxy) is 1. The summed E-state index contributed by atoms with van der Waals surface area (Å²) in [5.41, 5.74) is 2.80. The maximum absolute atomic E-state index is 12.5. The van der Waals surface area contributed by atoms with Gasteiger partial charge in [-0.05, 0) is 35.9 Å². The summed E-state index contributed by atoms with van der Waals surface area (Å²) in [4.78, 5) is 17.0. The van der Waals surface area contributed by atoms with E-state index in [9.17, 15) is 4.79 Å². The summed E-state index contributed by atoms with van der Waals surface area (Å²) in [5, 5.41) is 3.42. The number of nitrogens with zero attached hydrogens (tertiary/aromatic N) is 2. The molecule has 3 aromatic rings. The lowest BCUT2D eigenvalue weighted by Gasteiger charge is -2.19. The van der Waals surface area contributed by atoms with E-state index in [1.165, 1.54) is 0 Å². The zero-order chi connectivity index (χ0) is 20.1. The molecule has 0 fully saturated rings. The summed E-state index contributed by atoms with van der Waals surface area (Å²) >= 11 is 16.4. The quantitative estimate of drug-likeness (QED) is 0.512. The molecule has 0 radical (unpaired) electrons. The first-order valence-electron chi connectivity index (χ1n) is 8.31. The number of para-hydroxylation sites is 1. The van der Waals surface area contributed by atoms with Crippen LogP contribution in [0.25, 0.3) is 11.3 Å². The number of carbonyl (C=O) groups excluding carboxylic acids is 1. The van der Waals surface area contributed by atoms with Crippen LogP contribution in [0.3, 0.4) is 0 Å². The lowest BCUT2D eigenvalue weighted by Crippen LogP contribution is -2.33. The van der Waals surface area contributed by atoms with Crippen molar-refractivity contribution in [3.05, 3.63) is 76.4 Å². The number of hydrogen-bond donors (Lipinski definition) is 2. The van der Waals surface area contributed by atoms with Crippen LogP contribution >= 0.6 is 36.0 Å². The van der Waals surface area contributed by atoms with E-state index in [0.29, 0.717) is 16.5 Å². The summed E-state index contributed by atoms with van der Waals surface area (Å²) in [7, 11) is 1.61. The summed E-state index contributed by atoms with van der Waals surface area (Å²) in [5.74, 6) is 0.704. The molecule has 0 aliphatic carbocycles. The van der Waals surface area contributed by atoms with Crippen LogP contribution in [-0.2, 0) is 6.54 Å². The molecule has 28 heavy (non-hydrogen) atoms. The van der Waals surface area contributed by atoms with Crippen LogP contribution in [0.15, 0.2) is 60.8 Å².